The molecule has 1 saturated heterocycles. The van der Waals surface area contributed by atoms with Crippen LogP contribution in [-0.4, -0.2) is 46.9 Å². The van der Waals surface area contributed by atoms with Crippen LogP contribution in [0.15, 0.2) is 77.4 Å². The number of pyridine rings is 1. The summed E-state index contributed by atoms with van der Waals surface area (Å²) in [6, 6.07) is 22.6. The molecule has 2 aromatic carbocycles. The molecule has 1 amide bonds. The van der Waals surface area contributed by atoms with E-state index < -0.39 is 0 Å². The number of nitrogens with zero attached hydrogens (tertiary/aromatic N) is 3. The van der Waals surface area contributed by atoms with Gasteiger partial charge in [0, 0.05) is 36.8 Å². The Hall–Kier alpha value is -2.21. The van der Waals surface area contributed by atoms with Gasteiger partial charge < -0.3 is 4.90 Å². The van der Waals surface area contributed by atoms with Crippen LogP contribution in [0.1, 0.15) is 27.5 Å². The van der Waals surface area contributed by atoms with Crippen molar-refractivity contribution in [2.24, 2.45) is 0 Å². The van der Waals surface area contributed by atoms with Crippen molar-refractivity contribution in [2.75, 3.05) is 26.2 Å². The van der Waals surface area contributed by atoms with Gasteiger partial charge in [0.2, 0.25) is 0 Å². The minimum Gasteiger partial charge on any atom is -0.336 e. The maximum absolute atomic E-state index is 12.8. The molecule has 4 rings (SSSR count). The van der Waals surface area contributed by atoms with E-state index in [9.17, 15) is 4.79 Å². The van der Waals surface area contributed by atoms with Crippen LogP contribution < -0.4 is 0 Å². The highest BCUT2D eigenvalue weighted by atomic mass is 79.9. The largest absolute Gasteiger partial charge is 0.336 e. The Morgan fingerprint density at radius 1 is 0.897 bits per heavy atom. The molecule has 0 bridgehead atoms. The van der Waals surface area contributed by atoms with Gasteiger partial charge in [0.25, 0.3) is 5.91 Å². The number of piperazine rings is 1. The normalized spacial score (nSPS) is 15.9. The summed E-state index contributed by atoms with van der Waals surface area (Å²) < 4.78 is 1.07. The van der Waals surface area contributed by atoms with E-state index in [1.165, 1.54) is 11.1 Å². The molecule has 2 heterocycles. The Morgan fingerprint density at radius 2 is 1.55 bits per heavy atom. The quantitative estimate of drug-likeness (QED) is 0.501. The maximum Gasteiger partial charge on any atom is 0.255 e. The predicted octanol–water partition coefficient (Wildman–Crippen LogP) is 5.04. The van der Waals surface area contributed by atoms with Gasteiger partial charge in [-0.15, -0.1) is 0 Å². The zero-order chi connectivity index (χ0) is 20.2. The second-order valence-electron chi connectivity index (χ2n) is 7.06. The molecule has 1 aliphatic heterocycles. The molecule has 1 fully saturated rings. The van der Waals surface area contributed by atoms with Crippen molar-refractivity contribution < 1.29 is 4.79 Å². The highest BCUT2D eigenvalue weighted by Gasteiger charge is 2.28. The number of halogens is 2. The number of carbonyl (C=O) groups is 1. The van der Waals surface area contributed by atoms with Crippen molar-refractivity contribution >= 4 is 33.4 Å². The van der Waals surface area contributed by atoms with Crippen LogP contribution >= 0.6 is 27.5 Å². The molecule has 6 heteroatoms. The summed E-state index contributed by atoms with van der Waals surface area (Å²) in [5.74, 6) is 0.00807. The zero-order valence-corrected chi connectivity index (χ0v) is 18.2. The highest BCUT2D eigenvalue weighted by Crippen LogP contribution is 2.30. The Kier molecular flexibility index (Phi) is 6.28. The number of rotatable bonds is 4. The maximum atomic E-state index is 12.8. The first-order valence-corrected chi connectivity index (χ1v) is 10.7. The van der Waals surface area contributed by atoms with Gasteiger partial charge in [-0.05, 0) is 35.4 Å². The Morgan fingerprint density at radius 3 is 2.17 bits per heavy atom. The van der Waals surface area contributed by atoms with Crippen LogP contribution in [0.25, 0.3) is 0 Å². The van der Waals surface area contributed by atoms with Crippen molar-refractivity contribution in [3.63, 3.8) is 0 Å². The van der Waals surface area contributed by atoms with E-state index in [1.54, 1.807) is 18.3 Å². The lowest BCUT2D eigenvalue weighted by molar-refractivity contribution is 0.0597. The smallest absolute Gasteiger partial charge is 0.255 e. The van der Waals surface area contributed by atoms with Gasteiger partial charge in [0.15, 0.2) is 0 Å². The number of amides is 1. The van der Waals surface area contributed by atoms with Crippen molar-refractivity contribution in [3.8, 4) is 0 Å². The molecule has 3 aromatic rings. The monoisotopic (exact) mass is 469 g/mol. The topological polar surface area (TPSA) is 36.4 Å². The Bertz CT molecular complexity index is 956. The SMILES string of the molecule is O=C(c1ccc(Cl)nc1)N1CCN([C@@H](c2ccccc2)c2ccc(Br)cc2)CC1. The number of hydrogen-bond acceptors (Lipinski definition) is 3. The van der Waals surface area contributed by atoms with E-state index in [0.29, 0.717) is 23.8 Å². The van der Waals surface area contributed by atoms with E-state index in [0.717, 1.165) is 17.6 Å². The molecule has 0 aliphatic carbocycles. The molecule has 0 saturated carbocycles. The molecular formula is C23H21BrClN3O. The highest BCUT2D eigenvalue weighted by molar-refractivity contribution is 9.10. The van der Waals surface area contributed by atoms with E-state index >= 15 is 0 Å². The van der Waals surface area contributed by atoms with Crippen LogP contribution in [0.4, 0.5) is 0 Å². The third-order valence-electron chi connectivity index (χ3n) is 5.24. The Labute approximate surface area is 184 Å². The molecule has 0 spiro atoms. The summed E-state index contributed by atoms with van der Waals surface area (Å²) in [6.07, 6.45) is 1.55. The fourth-order valence-corrected chi connectivity index (χ4v) is 4.14. The van der Waals surface area contributed by atoms with Crippen molar-refractivity contribution in [1.29, 1.82) is 0 Å². The number of benzene rings is 2. The average Bonchev–Trinajstić information content (AvgIpc) is 2.77. The molecule has 4 nitrogen and oxygen atoms in total. The number of carbonyl (C=O) groups excluding carboxylic acids is 1. The van der Waals surface area contributed by atoms with E-state index in [-0.39, 0.29) is 11.9 Å². The first kappa shape index (κ1) is 20.1. The summed E-state index contributed by atoms with van der Waals surface area (Å²) in [5.41, 5.74) is 3.09. The van der Waals surface area contributed by atoms with E-state index in [4.69, 9.17) is 11.6 Å². The van der Waals surface area contributed by atoms with Gasteiger partial charge in [-0.25, -0.2) is 4.98 Å². The minimum atomic E-state index is 0.00807. The van der Waals surface area contributed by atoms with E-state index in [1.807, 2.05) is 11.0 Å². The fourth-order valence-electron chi connectivity index (χ4n) is 3.76. The van der Waals surface area contributed by atoms with Crippen molar-refractivity contribution in [2.45, 2.75) is 6.04 Å². The molecule has 1 atom stereocenters. The van der Waals surface area contributed by atoms with Crippen LogP contribution in [0.5, 0.6) is 0 Å². The average molecular weight is 471 g/mol. The standard InChI is InChI=1S/C23H21BrClN3O/c24-20-9-6-18(7-10-20)22(17-4-2-1-3-5-17)27-12-14-28(15-13-27)23(29)19-8-11-21(25)26-16-19/h1-11,16,22H,12-15H2/t22-/m0/s1. The van der Waals surface area contributed by atoms with Crippen molar-refractivity contribution in [3.05, 3.63) is 99.2 Å². The third kappa shape index (κ3) is 4.69. The molecule has 0 radical (unpaired) electrons. The van der Waals surface area contributed by atoms with Gasteiger partial charge in [0.1, 0.15) is 5.15 Å². The van der Waals surface area contributed by atoms with Crippen LogP contribution in [0, 0.1) is 0 Å². The summed E-state index contributed by atoms with van der Waals surface area (Å²) in [5, 5.41) is 0.395. The third-order valence-corrected chi connectivity index (χ3v) is 5.99. The van der Waals surface area contributed by atoms with Crippen LogP contribution in [0.3, 0.4) is 0 Å². The minimum absolute atomic E-state index is 0.00807. The lowest BCUT2D eigenvalue weighted by Gasteiger charge is -2.39. The molecule has 29 heavy (non-hydrogen) atoms. The lowest BCUT2D eigenvalue weighted by Crippen LogP contribution is -2.49. The number of hydrogen-bond donors (Lipinski definition) is 0. The summed E-state index contributed by atoms with van der Waals surface area (Å²) in [4.78, 5) is 21.2. The molecule has 148 valence electrons. The zero-order valence-electron chi connectivity index (χ0n) is 15.8. The number of aromatic nitrogens is 1. The molecule has 1 aromatic heterocycles. The molecular weight excluding hydrogens is 450 g/mol. The lowest BCUT2D eigenvalue weighted by atomic mass is 9.96. The van der Waals surface area contributed by atoms with Crippen molar-refractivity contribution in [1.82, 2.24) is 14.8 Å². The van der Waals surface area contributed by atoms with Gasteiger partial charge in [-0.2, -0.15) is 0 Å². The van der Waals surface area contributed by atoms with Crippen LogP contribution in [0.2, 0.25) is 5.15 Å². The van der Waals surface area contributed by atoms with Crippen LogP contribution in [-0.2, 0) is 0 Å². The molecule has 0 unspecified atom stereocenters. The summed E-state index contributed by atoms with van der Waals surface area (Å²) >= 11 is 9.36. The van der Waals surface area contributed by atoms with Gasteiger partial charge >= 0.3 is 0 Å². The van der Waals surface area contributed by atoms with Gasteiger partial charge in [0.05, 0.1) is 11.6 Å². The predicted molar refractivity (Wildman–Crippen MR) is 119 cm³/mol. The summed E-state index contributed by atoms with van der Waals surface area (Å²) in [7, 11) is 0. The van der Waals surface area contributed by atoms with Gasteiger partial charge in [-0.1, -0.05) is 70.0 Å². The first-order chi connectivity index (χ1) is 14.1. The second-order valence-corrected chi connectivity index (χ2v) is 8.37. The second kappa shape index (κ2) is 9.08. The first-order valence-electron chi connectivity index (χ1n) is 9.57. The fraction of sp³-hybridized carbons (Fsp3) is 0.217. The summed E-state index contributed by atoms with van der Waals surface area (Å²) in [6.45, 7) is 2.98. The molecule has 1 aliphatic rings. The molecule has 0 N–H and O–H groups in total. The Balaban J connectivity index is 1.51. The van der Waals surface area contributed by atoms with E-state index in [2.05, 4.69) is 74.3 Å². The van der Waals surface area contributed by atoms with Gasteiger partial charge in [-0.3, -0.25) is 9.69 Å².